The second kappa shape index (κ2) is 10.0. The molecule has 3 aromatic carbocycles. The minimum Gasteiger partial charge on any atom is -0.322 e. The second-order valence-corrected chi connectivity index (χ2v) is 9.21. The van der Waals surface area contributed by atoms with Crippen molar-refractivity contribution < 1.29 is 9.59 Å². The fourth-order valence-electron chi connectivity index (χ4n) is 3.83. The normalized spacial score (nSPS) is 15.8. The summed E-state index contributed by atoms with van der Waals surface area (Å²) in [6.07, 6.45) is 3.35. The predicted molar refractivity (Wildman–Crippen MR) is 133 cm³/mol. The molecule has 0 saturated carbocycles. The van der Waals surface area contributed by atoms with Gasteiger partial charge in [0.25, 0.3) is 5.91 Å². The number of rotatable bonds is 7. The Kier molecular flexibility index (Phi) is 6.96. The fourth-order valence-corrected chi connectivity index (χ4v) is 5.00. The minimum absolute atomic E-state index is 0.0986. The van der Waals surface area contributed by atoms with Crippen LogP contribution in [0.5, 0.6) is 0 Å². The van der Waals surface area contributed by atoms with Gasteiger partial charge in [-0.1, -0.05) is 55.3 Å². The topological polar surface area (TPSA) is 49.4 Å². The van der Waals surface area contributed by atoms with E-state index in [1.807, 2.05) is 84.6 Å². The van der Waals surface area contributed by atoms with Crippen molar-refractivity contribution in [3.63, 3.8) is 0 Å². The predicted octanol–water partition coefficient (Wildman–Crippen LogP) is 6.37. The smallest absolute Gasteiger partial charge is 0.255 e. The Labute approximate surface area is 194 Å². The molecule has 164 valence electrons. The van der Waals surface area contributed by atoms with Crippen molar-refractivity contribution in [3.8, 4) is 0 Å². The zero-order chi connectivity index (χ0) is 22.5. The average molecular weight is 445 g/mol. The van der Waals surface area contributed by atoms with Gasteiger partial charge in [-0.3, -0.25) is 14.5 Å². The van der Waals surface area contributed by atoms with Crippen LogP contribution < -0.4 is 10.2 Å². The molecule has 0 radical (unpaired) electrons. The Morgan fingerprint density at radius 2 is 1.81 bits per heavy atom. The molecular formula is C27H28N2O2S. The lowest BCUT2D eigenvalue weighted by molar-refractivity contribution is -0.115. The van der Waals surface area contributed by atoms with Crippen LogP contribution in [0.2, 0.25) is 0 Å². The number of amides is 2. The molecule has 1 atom stereocenters. The molecule has 1 fully saturated rings. The summed E-state index contributed by atoms with van der Waals surface area (Å²) in [4.78, 5) is 27.2. The molecule has 32 heavy (non-hydrogen) atoms. The third-order valence-corrected chi connectivity index (χ3v) is 6.86. The summed E-state index contributed by atoms with van der Waals surface area (Å²) in [5, 5.41) is 2.90. The number of nitrogens with zero attached hydrogens (tertiary/aromatic N) is 1. The number of hydrogen-bond donors (Lipinski definition) is 1. The van der Waals surface area contributed by atoms with Gasteiger partial charge in [0.05, 0.1) is 5.75 Å². The van der Waals surface area contributed by atoms with Gasteiger partial charge >= 0.3 is 0 Å². The molecule has 3 aromatic rings. The van der Waals surface area contributed by atoms with E-state index in [1.165, 1.54) is 5.56 Å². The number of hydrogen-bond acceptors (Lipinski definition) is 3. The third-order valence-electron chi connectivity index (χ3n) is 5.64. The first kappa shape index (κ1) is 22.2. The summed E-state index contributed by atoms with van der Waals surface area (Å²) in [5.41, 5.74) is 5.67. The largest absolute Gasteiger partial charge is 0.322 e. The van der Waals surface area contributed by atoms with Crippen LogP contribution in [0, 0.1) is 6.92 Å². The van der Waals surface area contributed by atoms with E-state index in [1.54, 1.807) is 11.8 Å². The molecule has 0 bridgehead atoms. The SMILES string of the molecule is CCCCc1ccc(C(=O)Nc2cccc([C@H]3SCC(=O)N3c3ccc(C)cc3)c2)cc1. The second-order valence-electron chi connectivity index (χ2n) is 8.14. The van der Waals surface area contributed by atoms with Gasteiger partial charge in [0, 0.05) is 16.9 Å². The Balaban J connectivity index is 1.50. The van der Waals surface area contributed by atoms with Gasteiger partial charge in [-0.2, -0.15) is 0 Å². The summed E-state index contributed by atoms with van der Waals surface area (Å²) >= 11 is 1.61. The van der Waals surface area contributed by atoms with Crippen molar-refractivity contribution in [2.24, 2.45) is 0 Å². The number of benzene rings is 3. The van der Waals surface area contributed by atoms with Gasteiger partial charge in [-0.25, -0.2) is 0 Å². The van der Waals surface area contributed by atoms with Crippen LogP contribution in [0.4, 0.5) is 11.4 Å². The Morgan fingerprint density at radius 3 is 2.53 bits per heavy atom. The minimum atomic E-state index is -0.130. The number of unbranched alkanes of at least 4 members (excludes halogenated alkanes) is 1. The van der Waals surface area contributed by atoms with Crippen LogP contribution in [0.25, 0.3) is 0 Å². The van der Waals surface area contributed by atoms with Crippen LogP contribution in [0.15, 0.2) is 72.8 Å². The van der Waals surface area contributed by atoms with Crippen molar-refractivity contribution >= 4 is 35.0 Å². The first-order valence-corrected chi connectivity index (χ1v) is 12.1. The lowest BCUT2D eigenvalue weighted by Crippen LogP contribution is -2.27. The Hall–Kier alpha value is -3.05. The highest BCUT2D eigenvalue weighted by atomic mass is 32.2. The molecule has 0 spiro atoms. The van der Waals surface area contributed by atoms with Gasteiger partial charge in [-0.15, -0.1) is 11.8 Å². The summed E-state index contributed by atoms with van der Waals surface area (Å²) in [7, 11) is 0. The van der Waals surface area contributed by atoms with Crippen molar-refractivity contribution in [1.29, 1.82) is 0 Å². The van der Waals surface area contributed by atoms with Crippen molar-refractivity contribution in [1.82, 2.24) is 0 Å². The van der Waals surface area contributed by atoms with E-state index in [0.29, 0.717) is 11.3 Å². The third kappa shape index (κ3) is 5.05. The van der Waals surface area contributed by atoms with Crippen molar-refractivity contribution in [2.45, 2.75) is 38.5 Å². The number of thioether (sulfide) groups is 1. The number of carbonyl (C=O) groups is 2. The first-order valence-electron chi connectivity index (χ1n) is 11.1. The monoisotopic (exact) mass is 444 g/mol. The van der Waals surface area contributed by atoms with Gasteiger partial charge in [-0.05, 0) is 67.3 Å². The average Bonchev–Trinajstić information content (AvgIpc) is 3.20. The van der Waals surface area contributed by atoms with Gasteiger partial charge in [0.15, 0.2) is 0 Å². The zero-order valence-electron chi connectivity index (χ0n) is 18.5. The maximum atomic E-state index is 12.8. The maximum Gasteiger partial charge on any atom is 0.255 e. The highest BCUT2D eigenvalue weighted by Crippen LogP contribution is 2.42. The molecular weight excluding hydrogens is 416 g/mol. The number of aryl methyl sites for hydroxylation is 2. The van der Waals surface area contributed by atoms with Crippen molar-refractivity contribution in [3.05, 3.63) is 95.1 Å². The summed E-state index contributed by atoms with van der Waals surface area (Å²) in [6.45, 7) is 4.21. The van der Waals surface area contributed by atoms with E-state index in [-0.39, 0.29) is 17.2 Å². The van der Waals surface area contributed by atoms with Crippen LogP contribution in [0.3, 0.4) is 0 Å². The van der Waals surface area contributed by atoms with Gasteiger partial charge < -0.3 is 5.32 Å². The highest BCUT2D eigenvalue weighted by Gasteiger charge is 2.34. The highest BCUT2D eigenvalue weighted by molar-refractivity contribution is 8.00. The van der Waals surface area contributed by atoms with Crippen molar-refractivity contribution in [2.75, 3.05) is 16.0 Å². The Morgan fingerprint density at radius 1 is 1.06 bits per heavy atom. The molecule has 1 aliphatic heterocycles. The number of nitrogens with one attached hydrogen (secondary N) is 1. The molecule has 1 N–H and O–H groups in total. The van der Waals surface area contributed by atoms with Crippen LogP contribution in [-0.2, 0) is 11.2 Å². The zero-order valence-corrected chi connectivity index (χ0v) is 19.3. The lowest BCUT2D eigenvalue weighted by Gasteiger charge is -2.25. The molecule has 1 saturated heterocycles. The van der Waals surface area contributed by atoms with E-state index in [0.717, 1.165) is 41.8 Å². The molecule has 4 nitrogen and oxygen atoms in total. The maximum absolute atomic E-state index is 12.8. The molecule has 4 rings (SSSR count). The van der Waals surface area contributed by atoms with E-state index >= 15 is 0 Å². The standard InChI is InChI=1S/C27H28N2O2S/c1-3-4-6-20-11-13-21(14-12-20)26(31)28-23-8-5-7-22(17-23)27-29(25(30)18-32-27)24-15-9-19(2)10-16-24/h5,7-17,27H,3-4,6,18H2,1-2H3,(H,28,31)/t27-/m1/s1. The van der Waals surface area contributed by atoms with E-state index in [2.05, 4.69) is 12.2 Å². The summed E-state index contributed by atoms with van der Waals surface area (Å²) in [5.74, 6) is 0.413. The summed E-state index contributed by atoms with van der Waals surface area (Å²) < 4.78 is 0. The van der Waals surface area contributed by atoms with E-state index < -0.39 is 0 Å². The molecule has 2 amide bonds. The molecule has 1 aliphatic rings. The van der Waals surface area contributed by atoms with Crippen LogP contribution in [-0.4, -0.2) is 17.6 Å². The first-order chi connectivity index (χ1) is 15.5. The lowest BCUT2D eigenvalue weighted by atomic mass is 10.1. The summed E-state index contributed by atoms with van der Waals surface area (Å²) in [6, 6.07) is 23.6. The number of carbonyl (C=O) groups excluding carboxylic acids is 2. The molecule has 0 aromatic heterocycles. The van der Waals surface area contributed by atoms with E-state index in [9.17, 15) is 9.59 Å². The molecule has 5 heteroatoms. The van der Waals surface area contributed by atoms with Gasteiger partial charge in [0.1, 0.15) is 5.37 Å². The molecule has 0 unspecified atom stereocenters. The van der Waals surface area contributed by atoms with Crippen LogP contribution >= 0.6 is 11.8 Å². The van der Waals surface area contributed by atoms with E-state index in [4.69, 9.17) is 0 Å². The Bertz CT molecular complexity index is 1090. The van der Waals surface area contributed by atoms with Gasteiger partial charge in [0.2, 0.25) is 5.91 Å². The molecule has 1 heterocycles. The van der Waals surface area contributed by atoms with Crippen LogP contribution in [0.1, 0.15) is 52.2 Å². The molecule has 0 aliphatic carbocycles. The number of anilines is 2. The fraction of sp³-hybridized carbons (Fsp3) is 0.259. The quantitative estimate of drug-likeness (QED) is 0.461.